The summed E-state index contributed by atoms with van der Waals surface area (Å²) in [5, 5.41) is 0. The van der Waals surface area contributed by atoms with Crippen LogP contribution in [0.3, 0.4) is 0 Å². The Labute approximate surface area is 98.8 Å². The quantitative estimate of drug-likeness (QED) is 0.839. The number of hydrogen-bond donors (Lipinski definition) is 0. The van der Waals surface area contributed by atoms with Crippen molar-refractivity contribution in [3.05, 3.63) is 28.7 Å². The molecule has 15 heavy (non-hydrogen) atoms. The van der Waals surface area contributed by atoms with Gasteiger partial charge in [-0.05, 0) is 38.4 Å². The number of benzene rings is 1. The van der Waals surface area contributed by atoms with E-state index in [1.165, 1.54) is 0 Å². The van der Waals surface area contributed by atoms with Gasteiger partial charge >= 0.3 is 0 Å². The van der Waals surface area contributed by atoms with Gasteiger partial charge in [-0.2, -0.15) is 0 Å². The van der Waals surface area contributed by atoms with Crippen LogP contribution in [0.1, 0.15) is 0 Å². The summed E-state index contributed by atoms with van der Waals surface area (Å²) in [4.78, 5) is 15.2. The maximum Gasteiger partial charge on any atom is 0.240 e. The van der Waals surface area contributed by atoms with Crippen molar-refractivity contribution in [2.24, 2.45) is 0 Å². The third kappa shape index (κ3) is 3.64. The fraction of sp³-hybridized carbons (Fsp3) is 0.364. The number of carbonyl (C=O) groups is 1. The monoisotopic (exact) mass is 270 g/mol. The van der Waals surface area contributed by atoms with Crippen molar-refractivity contribution < 1.29 is 4.79 Å². The second-order valence-corrected chi connectivity index (χ2v) is 4.58. The summed E-state index contributed by atoms with van der Waals surface area (Å²) < 4.78 is 1.01. The van der Waals surface area contributed by atoms with Crippen molar-refractivity contribution in [1.82, 2.24) is 4.90 Å². The van der Waals surface area contributed by atoms with Crippen LogP contribution in [-0.4, -0.2) is 38.5 Å². The van der Waals surface area contributed by atoms with Crippen LogP contribution in [0.4, 0.5) is 5.69 Å². The molecule has 0 aliphatic rings. The summed E-state index contributed by atoms with van der Waals surface area (Å²) in [5.74, 6) is 0.0855. The van der Waals surface area contributed by atoms with E-state index in [4.69, 9.17) is 0 Å². The van der Waals surface area contributed by atoms with E-state index in [0.29, 0.717) is 6.54 Å². The van der Waals surface area contributed by atoms with Crippen molar-refractivity contribution in [1.29, 1.82) is 0 Å². The number of amides is 1. The lowest BCUT2D eigenvalue weighted by Crippen LogP contribution is -2.34. The van der Waals surface area contributed by atoms with Crippen molar-refractivity contribution >= 4 is 27.5 Å². The summed E-state index contributed by atoms with van der Waals surface area (Å²) >= 11 is 3.36. The first-order chi connectivity index (χ1) is 7.00. The van der Waals surface area contributed by atoms with Gasteiger partial charge in [0.15, 0.2) is 0 Å². The molecular formula is C11H15BrN2O. The van der Waals surface area contributed by atoms with E-state index < -0.39 is 0 Å². The highest BCUT2D eigenvalue weighted by molar-refractivity contribution is 9.10. The lowest BCUT2D eigenvalue weighted by Gasteiger charge is -2.19. The first kappa shape index (κ1) is 12.2. The van der Waals surface area contributed by atoms with Gasteiger partial charge in [-0.15, -0.1) is 0 Å². The van der Waals surface area contributed by atoms with Crippen molar-refractivity contribution in [2.75, 3.05) is 32.6 Å². The molecule has 0 bridgehead atoms. The molecule has 0 aliphatic heterocycles. The number of anilines is 1. The first-order valence-electron chi connectivity index (χ1n) is 4.67. The topological polar surface area (TPSA) is 23.6 Å². The minimum absolute atomic E-state index is 0.0855. The summed E-state index contributed by atoms with van der Waals surface area (Å²) in [6.07, 6.45) is 0. The summed E-state index contributed by atoms with van der Waals surface area (Å²) in [6.45, 7) is 0.423. The highest BCUT2D eigenvalue weighted by atomic mass is 79.9. The van der Waals surface area contributed by atoms with Gasteiger partial charge in [0.05, 0.1) is 6.54 Å². The molecule has 1 rings (SSSR count). The van der Waals surface area contributed by atoms with Gasteiger partial charge in [0.1, 0.15) is 0 Å². The molecule has 4 heteroatoms. The highest BCUT2D eigenvalue weighted by Crippen LogP contribution is 2.17. The number of carbonyl (C=O) groups excluding carboxylic acids is 1. The Hall–Kier alpha value is -0.870. The van der Waals surface area contributed by atoms with Gasteiger partial charge < -0.3 is 9.80 Å². The fourth-order valence-electron chi connectivity index (χ4n) is 1.19. The molecule has 0 fully saturated rings. The minimum atomic E-state index is 0.0855. The van der Waals surface area contributed by atoms with Crippen LogP contribution in [-0.2, 0) is 4.79 Å². The van der Waals surface area contributed by atoms with E-state index in [0.717, 1.165) is 10.2 Å². The molecule has 0 aromatic heterocycles. The zero-order valence-corrected chi connectivity index (χ0v) is 10.8. The molecule has 0 atom stereocenters. The standard InChI is InChI=1S/C11H15BrN2O/c1-13(2)8-11(15)14(3)10-6-4-9(12)5-7-10/h4-7H,8H2,1-3H3. The van der Waals surface area contributed by atoms with Crippen LogP contribution < -0.4 is 4.90 Å². The average molecular weight is 271 g/mol. The van der Waals surface area contributed by atoms with Gasteiger partial charge in [0, 0.05) is 17.2 Å². The van der Waals surface area contributed by atoms with E-state index in [2.05, 4.69) is 15.9 Å². The first-order valence-corrected chi connectivity index (χ1v) is 5.47. The molecule has 82 valence electrons. The van der Waals surface area contributed by atoms with Crippen LogP contribution in [0.25, 0.3) is 0 Å². The largest absolute Gasteiger partial charge is 0.314 e. The van der Waals surface area contributed by atoms with Crippen LogP contribution in [0, 0.1) is 0 Å². The molecule has 0 saturated carbocycles. The summed E-state index contributed by atoms with van der Waals surface area (Å²) in [7, 11) is 5.55. The molecule has 1 aromatic rings. The maximum atomic E-state index is 11.7. The lowest BCUT2D eigenvalue weighted by atomic mass is 10.3. The number of halogens is 1. The van der Waals surface area contributed by atoms with Gasteiger partial charge in [0.2, 0.25) is 5.91 Å². The van der Waals surface area contributed by atoms with E-state index in [1.807, 2.05) is 43.3 Å². The van der Waals surface area contributed by atoms with E-state index in [1.54, 1.807) is 11.9 Å². The SMILES string of the molecule is CN(C)CC(=O)N(C)c1ccc(Br)cc1. The molecule has 3 nitrogen and oxygen atoms in total. The van der Waals surface area contributed by atoms with Crippen LogP contribution >= 0.6 is 15.9 Å². The second-order valence-electron chi connectivity index (χ2n) is 3.67. The molecule has 0 saturated heterocycles. The molecule has 1 aromatic carbocycles. The summed E-state index contributed by atoms with van der Waals surface area (Å²) in [6, 6.07) is 7.68. The molecule has 0 heterocycles. The third-order valence-corrected chi connectivity index (χ3v) is 2.57. The summed E-state index contributed by atoms with van der Waals surface area (Å²) in [5.41, 5.74) is 0.907. The van der Waals surface area contributed by atoms with Gasteiger partial charge in [-0.1, -0.05) is 15.9 Å². The van der Waals surface area contributed by atoms with Crippen LogP contribution in [0.15, 0.2) is 28.7 Å². The number of hydrogen-bond acceptors (Lipinski definition) is 2. The van der Waals surface area contributed by atoms with Gasteiger partial charge in [-0.25, -0.2) is 0 Å². The van der Waals surface area contributed by atoms with Gasteiger partial charge in [-0.3, -0.25) is 4.79 Å². The van der Waals surface area contributed by atoms with Crippen molar-refractivity contribution in [2.45, 2.75) is 0 Å². The zero-order chi connectivity index (χ0) is 11.4. The Morgan fingerprint density at radius 3 is 2.20 bits per heavy atom. The van der Waals surface area contributed by atoms with Crippen LogP contribution in [0.2, 0.25) is 0 Å². The predicted octanol–water partition coefficient (Wildman–Crippen LogP) is 1.97. The molecule has 0 radical (unpaired) electrons. The number of likely N-dealkylation sites (N-methyl/N-ethyl adjacent to an activating group) is 2. The van der Waals surface area contributed by atoms with Crippen molar-refractivity contribution in [3.63, 3.8) is 0 Å². The Morgan fingerprint density at radius 2 is 1.73 bits per heavy atom. The smallest absolute Gasteiger partial charge is 0.240 e. The Morgan fingerprint density at radius 1 is 1.20 bits per heavy atom. The number of nitrogens with zero attached hydrogens (tertiary/aromatic N) is 2. The zero-order valence-electron chi connectivity index (χ0n) is 9.20. The van der Waals surface area contributed by atoms with E-state index >= 15 is 0 Å². The normalized spacial score (nSPS) is 10.5. The lowest BCUT2D eigenvalue weighted by molar-refractivity contribution is -0.118. The minimum Gasteiger partial charge on any atom is -0.314 e. The fourth-order valence-corrected chi connectivity index (χ4v) is 1.45. The Balaban J connectivity index is 2.71. The Bertz CT molecular complexity index is 335. The second kappa shape index (κ2) is 5.28. The molecule has 0 spiro atoms. The molecule has 1 amide bonds. The van der Waals surface area contributed by atoms with E-state index in [-0.39, 0.29) is 5.91 Å². The maximum absolute atomic E-state index is 11.7. The molecule has 0 unspecified atom stereocenters. The van der Waals surface area contributed by atoms with Crippen molar-refractivity contribution in [3.8, 4) is 0 Å². The molecule has 0 aliphatic carbocycles. The van der Waals surface area contributed by atoms with E-state index in [9.17, 15) is 4.79 Å². The van der Waals surface area contributed by atoms with Gasteiger partial charge in [0.25, 0.3) is 0 Å². The molecular weight excluding hydrogens is 256 g/mol. The average Bonchev–Trinajstić information content (AvgIpc) is 2.17. The predicted molar refractivity (Wildman–Crippen MR) is 66.1 cm³/mol. The molecule has 0 N–H and O–H groups in total. The highest BCUT2D eigenvalue weighted by Gasteiger charge is 2.10. The Kier molecular flexibility index (Phi) is 4.29. The third-order valence-electron chi connectivity index (χ3n) is 2.04. The van der Waals surface area contributed by atoms with Crippen LogP contribution in [0.5, 0.6) is 0 Å². The number of rotatable bonds is 3.